The summed E-state index contributed by atoms with van der Waals surface area (Å²) in [5, 5.41) is 7.14. The molecule has 2 atom stereocenters. The summed E-state index contributed by atoms with van der Waals surface area (Å²) in [5.41, 5.74) is 0.945. The van der Waals surface area contributed by atoms with E-state index in [0.29, 0.717) is 5.11 Å². The van der Waals surface area contributed by atoms with Gasteiger partial charge in [-0.2, -0.15) is 0 Å². The Kier molecular flexibility index (Phi) is 7.12. The van der Waals surface area contributed by atoms with Gasteiger partial charge in [0.15, 0.2) is 5.11 Å². The molecule has 23 heavy (non-hydrogen) atoms. The van der Waals surface area contributed by atoms with Crippen molar-refractivity contribution in [2.24, 2.45) is 11.8 Å². The largest absolute Gasteiger partial charge is 0.497 e. The highest BCUT2D eigenvalue weighted by atomic mass is 32.1. The smallest absolute Gasteiger partial charge is 0.170 e. The Morgan fingerprint density at radius 3 is 2.74 bits per heavy atom. The average molecular weight is 336 g/mol. The predicted octanol–water partition coefficient (Wildman–Crippen LogP) is 3.35. The van der Waals surface area contributed by atoms with E-state index in [4.69, 9.17) is 17.0 Å². The normalized spacial score (nSPS) is 21.7. The lowest BCUT2D eigenvalue weighted by atomic mass is 9.92. The van der Waals surface area contributed by atoms with Crippen LogP contribution < -0.4 is 15.4 Å². The van der Waals surface area contributed by atoms with Crippen molar-refractivity contribution in [3.8, 4) is 5.75 Å². The Labute approximate surface area is 145 Å². The van der Waals surface area contributed by atoms with E-state index in [1.54, 1.807) is 7.11 Å². The topological polar surface area (TPSA) is 36.5 Å². The summed E-state index contributed by atoms with van der Waals surface area (Å²) in [4.78, 5) is 2.58. The van der Waals surface area contributed by atoms with Crippen LogP contribution in [-0.2, 0) is 0 Å². The second-order valence-corrected chi connectivity index (χ2v) is 7.08. The lowest BCUT2D eigenvalue weighted by molar-refractivity contribution is 0.140. The zero-order valence-corrected chi connectivity index (χ0v) is 15.3. The van der Waals surface area contributed by atoms with Crippen LogP contribution in [0.1, 0.15) is 26.7 Å². The van der Waals surface area contributed by atoms with E-state index in [2.05, 4.69) is 29.4 Å². The Morgan fingerprint density at radius 2 is 2.04 bits per heavy atom. The van der Waals surface area contributed by atoms with Gasteiger partial charge in [0.2, 0.25) is 0 Å². The zero-order valence-electron chi connectivity index (χ0n) is 14.5. The number of nitrogens with zero attached hydrogens (tertiary/aromatic N) is 1. The number of thiocarbonyl (C=S) groups is 1. The van der Waals surface area contributed by atoms with E-state index in [-0.39, 0.29) is 0 Å². The highest BCUT2D eigenvalue weighted by molar-refractivity contribution is 7.80. The Morgan fingerprint density at radius 1 is 1.30 bits per heavy atom. The maximum atomic E-state index is 5.35. The Hall–Kier alpha value is -1.33. The van der Waals surface area contributed by atoms with Crippen molar-refractivity contribution in [3.05, 3.63) is 24.3 Å². The highest BCUT2D eigenvalue weighted by Crippen LogP contribution is 2.20. The summed E-state index contributed by atoms with van der Waals surface area (Å²) < 4.78 is 5.21. The summed E-state index contributed by atoms with van der Waals surface area (Å²) in [6.45, 7) is 9.22. The van der Waals surface area contributed by atoms with Crippen LogP contribution >= 0.6 is 12.2 Å². The molecule has 0 aliphatic carbocycles. The van der Waals surface area contributed by atoms with Gasteiger partial charge in [-0.25, -0.2) is 0 Å². The van der Waals surface area contributed by atoms with Gasteiger partial charge in [0.1, 0.15) is 5.75 Å². The molecule has 0 spiro atoms. The number of piperidine rings is 1. The number of nitrogens with one attached hydrogen (secondary N) is 2. The molecule has 1 aliphatic heterocycles. The first-order valence-corrected chi connectivity index (χ1v) is 8.89. The van der Waals surface area contributed by atoms with Crippen LogP contribution in [0.25, 0.3) is 0 Å². The van der Waals surface area contributed by atoms with E-state index in [1.807, 2.05) is 24.3 Å². The zero-order chi connectivity index (χ0) is 16.7. The van der Waals surface area contributed by atoms with Crippen molar-refractivity contribution >= 4 is 23.0 Å². The third-order valence-electron chi connectivity index (χ3n) is 4.21. The summed E-state index contributed by atoms with van der Waals surface area (Å²) in [7, 11) is 1.66. The standard InChI is InChI=1S/C18H29N3OS/c1-14-10-15(2)13-21(12-14)9-5-8-19-18(23)20-16-6-4-7-17(11-16)22-3/h4,6-7,11,14-15H,5,8-10,12-13H2,1-3H3,(H2,19,20,23)/t14-,15-/m1/s1. The van der Waals surface area contributed by atoms with Gasteiger partial charge in [0.05, 0.1) is 7.11 Å². The summed E-state index contributed by atoms with van der Waals surface area (Å²) in [6, 6.07) is 7.78. The van der Waals surface area contributed by atoms with Crippen LogP contribution in [0.5, 0.6) is 5.75 Å². The van der Waals surface area contributed by atoms with Gasteiger partial charge in [0, 0.05) is 31.4 Å². The van der Waals surface area contributed by atoms with Crippen LogP contribution in [0.3, 0.4) is 0 Å². The van der Waals surface area contributed by atoms with Gasteiger partial charge >= 0.3 is 0 Å². The number of benzene rings is 1. The third kappa shape index (κ3) is 6.36. The molecule has 2 N–H and O–H groups in total. The van der Waals surface area contributed by atoms with E-state index in [1.165, 1.54) is 19.5 Å². The van der Waals surface area contributed by atoms with E-state index < -0.39 is 0 Å². The monoisotopic (exact) mass is 335 g/mol. The predicted molar refractivity (Wildman–Crippen MR) is 101 cm³/mol. The molecule has 4 nitrogen and oxygen atoms in total. The van der Waals surface area contributed by atoms with Crippen molar-refractivity contribution < 1.29 is 4.74 Å². The Bertz CT molecular complexity index is 499. The minimum absolute atomic E-state index is 0.665. The molecule has 0 aromatic heterocycles. The highest BCUT2D eigenvalue weighted by Gasteiger charge is 2.20. The van der Waals surface area contributed by atoms with Gasteiger partial charge in [-0.3, -0.25) is 0 Å². The summed E-state index contributed by atoms with van der Waals surface area (Å²) in [5.74, 6) is 2.47. The van der Waals surface area contributed by atoms with Crippen LogP contribution in [0, 0.1) is 11.8 Å². The fourth-order valence-electron chi connectivity index (χ4n) is 3.36. The van der Waals surface area contributed by atoms with Crippen molar-refractivity contribution in [3.63, 3.8) is 0 Å². The molecule has 1 aromatic rings. The lowest BCUT2D eigenvalue weighted by Crippen LogP contribution is -2.40. The molecule has 0 radical (unpaired) electrons. The molecule has 1 aromatic carbocycles. The van der Waals surface area contributed by atoms with E-state index in [0.717, 1.165) is 42.8 Å². The molecule has 128 valence electrons. The molecule has 2 rings (SSSR count). The van der Waals surface area contributed by atoms with Crippen LogP contribution in [0.15, 0.2) is 24.3 Å². The molecule has 1 aliphatic rings. The molecule has 1 saturated heterocycles. The number of likely N-dealkylation sites (tertiary alicyclic amines) is 1. The third-order valence-corrected chi connectivity index (χ3v) is 4.46. The molecular weight excluding hydrogens is 306 g/mol. The van der Waals surface area contributed by atoms with Gasteiger partial charge in [-0.1, -0.05) is 19.9 Å². The minimum atomic E-state index is 0.665. The fraction of sp³-hybridized carbons (Fsp3) is 0.611. The molecule has 1 heterocycles. The number of anilines is 1. The quantitative estimate of drug-likeness (QED) is 0.616. The first-order chi connectivity index (χ1) is 11.1. The van der Waals surface area contributed by atoms with Gasteiger partial charge in [0.25, 0.3) is 0 Å². The average Bonchev–Trinajstić information content (AvgIpc) is 2.51. The van der Waals surface area contributed by atoms with E-state index >= 15 is 0 Å². The second-order valence-electron chi connectivity index (χ2n) is 6.67. The van der Waals surface area contributed by atoms with Crippen LogP contribution in [0.2, 0.25) is 0 Å². The molecular formula is C18H29N3OS. The lowest BCUT2D eigenvalue weighted by Gasteiger charge is -2.35. The minimum Gasteiger partial charge on any atom is -0.497 e. The molecule has 0 saturated carbocycles. The maximum absolute atomic E-state index is 5.35. The number of rotatable bonds is 6. The van der Waals surface area contributed by atoms with Gasteiger partial charge < -0.3 is 20.3 Å². The first-order valence-electron chi connectivity index (χ1n) is 8.48. The van der Waals surface area contributed by atoms with E-state index in [9.17, 15) is 0 Å². The Balaban J connectivity index is 1.64. The fourth-order valence-corrected chi connectivity index (χ4v) is 3.58. The second kappa shape index (κ2) is 9.08. The van der Waals surface area contributed by atoms with Crippen molar-refractivity contribution in [2.75, 3.05) is 38.6 Å². The van der Waals surface area contributed by atoms with Gasteiger partial charge in [-0.15, -0.1) is 0 Å². The van der Waals surface area contributed by atoms with Crippen molar-refractivity contribution in [2.45, 2.75) is 26.7 Å². The number of hydrogen-bond acceptors (Lipinski definition) is 3. The van der Waals surface area contributed by atoms with Gasteiger partial charge in [-0.05, 0) is 55.6 Å². The first kappa shape index (κ1) is 18.0. The molecule has 1 fully saturated rings. The summed E-state index contributed by atoms with van der Waals surface area (Å²) in [6.07, 6.45) is 2.47. The molecule has 5 heteroatoms. The van der Waals surface area contributed by atoms with Crippen molar-refractivity contribution in [1.29, 1.82) is 0 Å². The van der Waals surface area contributed by atoms with Crippen molar-refractivity contribution in [1.82, 2.24) is 10.2 Å². The van der Waals surface area contributed by atoms with Crippen LogP contribution in [0.4, 0.5) is 5.69 Å². The molecule has 0 bridgehead atoms. The molecule has 0 amide bonds. The maximum Gasteiger partial charge on any atom is 0.170 e. The van der Waals surface area contributed by atoms with Crippen LogP contribution in [-0.4, -0.2) is 43.3 Å². The SMILES string of the molecule is COc1cccc(NC(=S)NCCCN2C[C@H](C)C[C@@H](C)C2)c1. The molecule has 0 unspecified atom stereocenters. The number of ether oxygens (including phenoxy) is 1. The number of methoxy groups -OCH3 is 1. The summed E-state index contributed by atoms with van der Waals surface area (Å²) >= 11 is 5.35. The number of hydrogen-bond donors (Lipinski definition) is 2.